The number of thiazole rings is 1. The number of nitrogens with zero attached hydrogens (tertiary/aromatic N) is 2. The van der Waals surface area contributed by atoms with E-state index in [2.05, 4.69) is 4.98 Å². The maximum atomic E-state index is 14.0. The number of methoxy groups -OCH3 is 1. The molecule has 0 fully saturated rings. The summed E-state index contributed by atoms with van der Waals surface area (Å²) in [5.74, 6) is 0.500. The summed E-state index contributed by atoms with van der Waals surface area (Å²) in [7, 11) is 1.61. The Morgan fingerprint density at radius 2 is 1.83 bits per heavy atom. The Hall–Kier alpha value is -4.23. The lowest BCUT2D eigenvalue weighted by atomic mass is 9.89. The molecule has 3 heterocycles. The summed E-state index contributed by atoms with van der Waals surface area (Å²) in [5.41, 5.74) is 3.64. The molecule has 0 bridgehead atoms. The van der Waals surface area contributed by atoms with Gasteiger partial charge in [-0.2, -0.15) is 0 Å². The molecule has 0 saturated heterocycles. The van der Waals surface area contributed by atoms with Crippen LogP contribution in [-0.2, 0) is 4.79 Å². The maximum Gasteiger partial charge on any atom is 0.271 e. The van der Waals surface area contributed by atoms with Crippen LogP contribution in [0.25, 0.3) is 27.8 Å². The van der Waals surface area contributed by atoms with Crippen LogP contribution in [0.5, 0.6) is 5.75 Å². The molecule has 3 aromatic carbocycles. The second-order valence-corrected chi connectivity index (χ2v) is 9.84. The number of nitrogens with one attached hydrogen (secondary N) is 1. The van der Waals surface area contributed by atoms with Crippen molar-refractivity contribution >= 4 is 44.9 Å². The summed E-state index contributed by atoms with van der Waals surface area (Å²) in [4.78, 5) is 35.5. The van der Waals surface area contributed by atoms with Crippen molar-refractivity contribution < 1.29 is 9.53 Å². The summed E-state index contributed by atoms with van der Waals surface area (Å²) < 4.78 is 7.98. The van der Waals surface area contributed by atoms with Crippen molar-refractivity contribution in [1.82, 2.24) is 9.55 Å². The van der Waals surface area contributed by atoms with Crippen LogP contribution in [0, 0.1) is 0 Å². The van der Waals surface area contributed by atoms with Crippen LogP contribution < -0.4 is 19.6 Å². The largest absolute Gasteiger partial charge is 0.496 e. The zero-order valence-electron chi connectivity index (χ0n) is 20.0. The van der Waals surface area contributed by atoms with E-state index in [1.807, 2.05) is 79.9 Å². The molecule has 2 aromatic heterocycles. The lowest BCUT2D eigenvalue weighted by Gasteiger charge is -2.27. The first-order valence-corrected chi connectivity index (χ1v) is 12.4. The number of allylic oxidation sites excluding steroid dienone is 2. The molecule has 0 unspecified atom stereocenters. The Morgan fingerprint density at radius 1 is 1.08 bits per heavy atom. The predicted octanol–water partition coefficient (Wildman–Crippen LogP) is 4.47. The molecule has 1 N–H and O–H groups in total. The molecular weight excluding hydrogens is 470 g/mol. The number of benzene rings is 3. The first-order chi connectivity index (χ1) is 17.5. The summed E-state index contributed by atoms with van der Waals surface area (Å²) in [6.07, 6.45) is 3.80. The number of carbonyl (C=O) groups excluding carboxylic acids is 1. The number of hydrogen-bond donors (Lipinski definition) is 1. The topological polar surface area (TPSA) is 76.4 Å². The molecule has 178 valence electrons. The standard InChI is InChI=1S/C29H23N3O3S/c1-16-25(17(2)33)27(26-21-10-5-4-8-18(21)12-13-23(26)35-3)32-28(34)24(36-29(32)31-16)14-19-15-30-22-11-7-6-9-20(19)22/h4-15,27,30H,1-3H3/b24-14-/t27-/m1/s1. The zero-order valence-corrected chi connectivity index (χ0v) is 20.8. The molecule has 0 amide bonds. The van der Waals surface area contributed by atoms with Gasteiger partial charge in [0.05, 0.1) is 17.7 Å². The molecule has 1 aliphatic heterocycles. The highest BCUT2D eigenvalue weighted by Gasteiger charge is 2.33. The summed E-state index contributed by atoms with van der Waals surface area (Å²) >= 11 is 1.33. The number of aromatic nitrogens is 2. The summed E-state index contributed by atoms with van der Waals surface area (Å²) in [5, 5.41) is 2.98. The number of hydrogen-bond acceptors (Lipinski definition) is 5. The van der Waals surface area contributed by atoms with Gasteiger partial charge in [-0.3, -0.25) is 14.2 Å². The third-order valence-electron chi connectivity index (χ3n) is 6.73. The molecule has 5 aromatic rings. The van der Waals surface area contributed by atoms with Gasteiger partial charge < -0.3 is 9.72 Å². The van der Waals surface area contributed by atoms with Crippen molar-refractivity contribution in [3.8, 4) is 5.75 Å². The minimum atomic E-state index is -0.648. The SMILES string of the molecule is COc1ccc2ccccc2c1[C@H]1C(C(C)=O)=C(C)N=c2s/c(=C\c3c[nH]c4ccccc34)c(=O)n21. The third-order valence-corrected chi connectivity index (χ3v) is 7.72. The summed E-state index contributed by atoms with van der Waals surface area (Å²) in [6, 6.07) is 19.2. The molecule has 1 aliphatic rings. The van der Waals surface area contributed by atoms with E-state index in [-0.39, 0.29) is 11.3 Å². The van der Waals surface area contributed by atoms with E-state index in [0.29, 0.717) is 26.4 Å². The number of para-hydroxylation sites is 1. The smallest absolute Gasteiger partial charge is 0.271 e. The zero-order chi connectivity index (χ0) is 25.0. The van der Waals surface area contributed by atoms with E-state index in [4.69, 9.17) is 9.73 Å². The van der Waals surface area contributed by atoms with Crippen LogP contribution in [0.1, 0.15) is 31.0 Å². The number of ether oxygens (including phenoxy) is 1. The van der Waals surface area contributed by atoms with Gasteiger partial charge in [0.15, 0.2) is 10.6 Å². The van der Waals surface area contributed by atoms with Gasteiger partial charge in [-0.1, -0.05) is 59.9 Å². The van der Waals surface area contributed by atoms with Gasteiger partial charge in [0.2, 0.25) is 0 Å². The third kappa shape index (κ3) is 3.35. The fraction of sp³-hybridized carbons (Fsp3) is 0.138. The van der Waals surface area contributed by atoms with Gasteiger partial charge in [0, 0.05) is 39.5 Å². The maximum absolute atomic E-state index is 14.0. The van der Waals surface area contributed by atoms with Gasteiger partial charge >= 0.3 is 0 Å². The molecule has 0 radical (unpaired) electrons. The van der Waals surface area contributed by atoms with Crippen LogP contribution in [0.15, 0.2) is 87.9 Å². The average molecular weight is 494 g/mol. The van der Waals surface area contributed by atoms with Gasteiger partial charge in [-0.25, -0.2) is 4.99 Å². The van der Waals surface area contributed by atoms with Gasteiger partial charge in [-0.05, 0) is 42.8 Å². The molecule has 6 nitrogen and oxygen atoms in total. The number of aromatic amines is 1. The minimum absolute atomic E-state index is 0.123. The molecule has 1 atom stereocenters. The van der Waals surface area contributed by atoms with Gasteiger partial charge in [0.1, 0.15) is 5.75 Å². The lowest BCUT2D eigenvalue weighted by molar-refractivity contribution is -0.114. The second-order valence-electron chi connectivity index (χ2n) is 8.83. The number of carbonyl (C=O) groups is 1. The Morgan fingerprint density at radius 3 is 2.61 bits per heavy atom. The monoisotopic (exact) mass is 493 g/mol. The molecule has 0 saturated carbocycles. The number of fused-ring (bicyclic) bond motifs is 3. The number of Topliss-reactive ketones (excluding diaryl/α,β-unsaturated/α-hetero) is 1. The molecule has 7 heteroatoms. The van der Waals surface area contributed by atoms with Crippen molar-refractivity contribution in [2.45, 2.75) is 19.9 Å². The normalized spacial score (nSPS) is 15.9. The van der Waals surface area contributed by atoms with Crippen molar-refractivity contribution in [2.75, 3.05) is 7.11 Å². The molecular formula is C29H23N3O3S. The van der Waals surface area contributed by atoms with E-state index >= 15 is 0 Å². The van der Waals surface area contributed by atoms with E-state index in [0.717, 1.165) is 32.8 Å². The van der Waals surface area contributed by atoms with Crippen molar-refractivity contribution in [3.05, 3.63) is 109 Å². The lowest BCUT2D eigenvalue weighted by Crippen LogP contribution is -2.39. The Balaban J connectivity index is 1.68. The van der Waals surface area contributed by atoms with Crippen LogP contribution in [-0.4, -0.2) is 22.4 Å². The highest BCUT2D eigenvalue weighted by Crippen LogP contribution is 2.40. The van der Waals surface area contributed by atoms with E-state index in [1.165, 1.54) is 18.3 Å². The van der Waals surface area contributed by atoms with Crippen molar-refractivity contribution in [2.24, 2.45) is 4.99 Å². The average Bonchev–Trinajstić information content (AvgIpc) is 3.43. The number of ketones is 1. The van der Waals surface area contributed by atoms with E-state index in [1.54, 1.807) is 11.7 Å². The Bertz CT molecular complexity index is 1910. The first kappa shape index (κ1) is 22.2. The Kier molecular flexibility index (Phi) is 5.23. The van der Waals surface area contributed by atoms with Crippen LogP contribution in [0.4, 0.5) is 0 Å². The van der Waals surface area contributed by atoms with E-state index < -0.39 is 6.04 Å². The van der Waals surface area contributed by atoms with Crippen LogP contribution >= 0.6 is 11.3 Å². The fourth-order valence-corrected chi connectivity index (χ4v) is 6.17. The van der Waals surface area contributed by atoms with Gasteiger partial charge in [0.25, 0.3) is 5.56 Å². The highest BCUT2D eigenvalue weighted by atomic mass is 32.1. The highest BCUT2D eigenvalue weighted by molar-refractivity contribution is 7.07. The number of H-pyrrole nitrogens is 1. The fourth-order valence-electron chi connectivity index (χ4n) is 5.13. The van der Waals surface area contributed by atoms with E-state index in [9.17, 15) is 9.59 Å². The molecule has 36 heavy (non-hydrogen) atoms. The molecule has 0 aliphatic carbocycles. The van der Waals surface area contributed by atoms with Crippen LogP contribution in [0.2, 0.25) is 0 Å². The van der Waals surface area contributed by atoms with Crippen molar-refractivity contribution in [3.63, 3.8) is 0 Å². The predicted molar refractivity (Wildman–Crippen MR) is 143 cm³/mol. The van der Waals surface area contributed by atoms with Gasteiger partial charge in [-0.15, -0.1) is 0 Å². The van der Waals surface area contributed by atoms with Crippen LogP contribution in [0.3, 0.4) is 0 Å². The minimum Gasteiger partial charge on any atom is -0.496 e. The quantitative estimate of drug-likeness (QED) is 0.401. The molecule has 0 spiro atoms. The second kappa shape index (κ2) is 8.46. The Labute approximate surface area is 210 Å². The van der Waals surface area contributed by atoms with Crippen molar-refractivity contribution in [1.29, 1.82) is 0 Å². The summed E-state index contributed by atoms with van der Waals surface area (Å²) in [6.45, 7) is 3.36. The first-order valence-electron chi connectivity index (χ1n) is 11.6. The molecule has 6 rings (SSSR count). The number of rotatable bonds is 4.